The summed E-state index contributed by atoms with van der Waals surface area (Å²) >= 11 is 0. The highest BCUT2D eigenvalue weighted by Crippen LogP contribution is 2.49. The minimum atomic E-state index is 0.184. The van der Waals surface area contributed by atoms with Gasteiger partial charge in [-0.15, -0.1) is 0 Å². The third kappa shape index (κ3) is 1.83. The highest BCUT2D eigenvalue weighted by Gasteiger charge is 2.46. The van der Waals surface area contributed by atoms with Gasteiger partial charge in [0.1, 0.15) is 0 Å². The first-order chi connectivity index (χ1) is 9.84. The molecular formula is C18H17NO. The lowest BCUT2D eigenvalue weighted by molar-refractivity contribution is -0.119. The summed E-state index contributed by atoms with van der Waals surface area (Å²) in [6, 6.07) is 18.7. The number of amides is 1. The number of fused-ring (bicyclic) bond motifs is 1. The van der Waals surface area contributed by atoms with Crippen LogP contribution < -0.4 is 4.90 Å². The van der Waals surface area contributed by atoms with Gasteiger partial charge in [-0.1, -0.05) is 48.5 Å². The first-order valence-corrected chi connectivity index (χ1v) is 7.29. The molecule has 0 N–H and O–H groups in total. The van der Waals surface area contributed by atoms with Crippen LogP contribution in [0.5, 0.6) is 0 Å². The third-order valence-corrected chi connectivity index (χ3v) is 4.49. The fourth-order valence-electron chi connectivity index (χ4n) is 3.30. The van der Waals surface area contributed by atoms with E-state index in [1.807, 2.05) is 17.0 Å². The number of carbonyl (C=O) groups excluding carboxylic acids is 1. The number of carbonyl (C=O) groups is 1. The Labute approximate surface area is 119 Å². The molecule has 1 heterocycles. The van der Waals surface area contributed by atoms with Crippen molar-refractivity contribution in [1.29, 1.82) is 0 Å². The summed E-state index contributed by atoms with van der Waals surface area (Å²) in [7, 11) is 0. The summed E-state index contributed by atoms with van der Waals surface area (Å²) in [6.07, 6.45) is 1.99. The van der Waals surface area contributed by atoms with E-state index in [9.17, 15) is 4.79 Å². The van der Waals surface area contributed by atoms with Crippen molar-refractivity contribution in [2.75, 3.05) is 11.4 Å². The number of hydrogen-bond acceptors (Lipinski definition) is 1. The van der Waals surface area contributed by atoms with E-state index in [0.717, 1.165) is 25.1 Å². The summed E-state index contributed by atoms with van der Waals surface area (Å²) in [5.74, 6) is 0.920. The smallest absolute Gasteiger partial charge is 0.230 e. The molecule has 1 saturated carbocycles. The lowest BCUT2D eigenvalue weighted by Gasteiger charge is -2.17. The molecule has 20 heavy (non-hydrogen) atoms. The Morgan fingerprint density at radius 3 is 2.60 bits per heavy atom. The van der Waals surface area contributed by atoms with Crippen LogP contribution in [-0.2, 0) is 11.2 Å². The Kier molecular flexibility index (Phi) is 2.62. The normalized spacial score (nSPS) is 23.5. The zero-order valence-electron chi connectivity index (χ0n) is 11.3. The Bertz CT molecular complexity index is 649. The van der Waals surface area contributed by atoms with Crippen LogP contribution >= 0.6 is 0 Å². The predicted octanol–water partition coefficient (Wildman–Crippen LogP) is 3.38. The summed E-state index contributed by atoms with van der Waals surface area (Å²) in [6.45, 7) is 0.843. The molecule has 0 spiro atoms. The fraction of sp³-hybridized carbons (Fsp3) is 0.278. The van der Waals surface area contributed by atoms with Crippen molar-refractivity contribution < 1.29 is 4.79 Å². The molecule has 2 heteroatoms. The topological polar surface area (TPSA) is 20.3 Å². The van der Waals surface area contributed by atoms with Crippen LogP contribution in [0.25, 0.3) is 0 Å². The van der Waals surface area contributed by atoms with Gasteiger partial charge in [0.25, 0.3) is 0 Å². The van der Waals surface area contributed by atoms with Crippen LogP contribution in [0, 0.1) is 5.92 Å². The number of benzene rings is 2. The summed E-state index contributed by atoms with van der Waals surface area (Å²) in [5, 5.41) is 0. The Balaban J connectivity index is 1.53. The van der Waals surface area contributed by atoms with Crippen LogP contribution in [0.15, 0.2) is 54.6 Å². The largest absolute Gasteiger partial charge is 0.312 e. The van der Waals surface area contributed by atoms with E-state index in [-0.39, 0.29) is 5.92 Å². The van der Waals surface area contributed by atoms with E-state index in [1.165, 1.54) is 11.1 Å². The van der Waals surface area contributed by atoms with Crippen molar-refractivity contribution in [2.24, 2.45) is 5.92 Å². The lowest BCUT2D eigenvalue weighted by atomic mass is 10.1. The van der Waals surface area contributed by atoms with Gasteiger partial charge in [-0.05, 0) is 36.0 Å². The van der Waals surface area contributed by atoms with E-state index in [2.05, 4.69) is 42.5 Å². The SMILES string of the molecule is O=C(C1CC1c1ccccc1)N1CCc2ccccc21. The second-order valence-corrected chi connectivity index (χ2v) is 5.73. The highest BCUT2D eigenvalue weighted by atomic mass is 16.2. The van der Waals surface area contributed by atoms with Crippen molar-refractivity contribution in [1.82, 2.24) is 0 Å². The molecule has 2 aliphatic rings. The van der Waals surface area contributed by atoms with Crippen LogP contribution in [0.2, 0.25) is 0 Å². The molecular weight excluding hydrogens is 246 g/mol. The van der Waals surface area contributed by atoms with Crippen molar-refractivity contribution in [2.45, 2.75) is 18.8 Å². The van der Waals surface area contributed by atoms with Gasteiger partial charge in [0.15, 0.2) is 0 Å². The number of hydrogen-bond donors (Lipinski definition) is 0. The molecule has 0 radical (unpaired) electrons. The standard InChI is InChI=1S/C18H17NO/c20-18(16-12-15(16)13-6-2-1-3-7-13)19-11-10-14-8-4-5-9-17(14)19/h1-9,15-16H,10-12H2. The molecule has 1 fully saturated rings. The Hall–Kier alpha value is -2.09. The van der Waals surface area contributed by atoms with Crippen molar-refractivity contribution in [3.63, 3.8) is 0 Å². The highest BCUT2D eigenvalue weighted by molar-refractivity contribution is 5.99. The number of rotatable bonds is 2. The summed E-state index contributed by atoms with van der Waals surface area (Å²) < 4.78 is 0. The molecule has 2 aromatic carbocycles. The van der Waals surface area contributed by atoms with Crippen LogP contribution in [0.4, 0.5) is 5.69 Å². The second-order valence-electron chi connectivity index (χ2n) is 5.73. The number of anilines is 1. The number of para-hydroxylation sites is 1. The predicted molar refractivity (Wildman–Crippen MR) is 79.8 cm³/mol. The Morgan fingerprint density at radius 1 is 1.00 bits per heavy atom. The monoisotopic (exact) mass is 263 g/mol. The van der Waals surface area contributed by atoms with Gasteiger partial charge in [0, 0.05) is 18.2 Å². The van der Waals surface area contributed by atoms with Gasteiger partial charge in [-0.25, -0.2) is 0 Å². The second kappa shape index (κ2) is 4.48. The van der Waals surface area contributed by atoms with Gasteiger partial charge in [-0.2, -0.15) is 0 Å². The third-order valence-electron chi connectivity index (χ3n) is 4.49. The summed E-state index contributed by atoms with van der Waals surface area (Å²) in [5.41, 5.74) is 3.73. The van der Waals surface area contributed by atoms with Gasteiger partial charge in [-0.3, -0.25) is 4.79 Å². The molecule has 2 aromatic rings. The zero-order chi connectivity index (χ0) is 13.5. The molecule has 100 valence electrons. The molecule has 1 aliphatic carbocycles. The molecule has 2 atom stereocenters. The van der Waals surface area contributed by atoms with Crippen LogP contribution in [0.3, 0.4) is 0 Å². The maximum absolute atomic E-state index is 12.7. The van der Waals surface area contributed by atoms with Gasteiger partial charge in [0.05, 0.1) is 0 Å². The molecule has 4 rings (SSSR count). The molecule has 0 bridgehead atoms. The molecule has 2 nitrogen and oxygen atoms in total. The molecule has 1 aliphatic heterocycles. The summed E-state index contributed by atoms with van der Waals surface area (Å²) in [4.78, 5) is 14.7. The van der Waals surface area contributed by atoms with Gasteiger partial charge >= 0.3 is 0 Å². The van der Waals surface area contributed by atoms with Crippen LogP contribution in [-0.4, -0.2) is 12.5 Å². The van der Waals surface area contributed by atoms with Crippen molar-refractivity contribution >= 4 is 11.6 Å². The maximum atomic E-state index is 12.7. The fourth-order valence-corrected chi connectivity index (χ4v) is 3.30. The zero-order valence-corrected chi connectivity index (χ0v) is 11.3. The van der Waals surface area contributed by atoms with Crippen molar-refractivity contribution in [3.8, 4) is 0 Å². The van der Waals surface area contributed by atoms with E-state index < -0.39 is 0 Å². The lowest BCUT2D eigenvalue weighted by Crippen LogP contribution is -2.30. The van der Waals surface area contributed by atoms with E-state index in [0.29, 0.717) is 11.8 Å². The van der Waals surface area contributed by atoms with Gasteiger partial charge < -0.3 is 4.90 Å². The van der Waals surface area contributed by atoms with E-state index in [1.54, 1.807) is 0 Å². The minimum absolute atomic E-state index is 0.184. The molecule has 1 amide bonds. The average molecular weight is 263 g/mol. The maximum Gasteiger partial charge on any atom is 0.230 e. The molecule has 2 unspecified atom stereocenters. The van der Waals surface area contributed by atoms with Crippen molar-refractivity contribution in [3.05, 3.63) is 65.7 Å². The quantitative estimate of drug-likeness (QED) is 0.813. The number of nitrogens with zero attached hydrogens (tertiary/aromatic N) is 1. The Morgan fingerprint density at radius 2 is 1.75 bits per heavy atom. The average Bonchev–Trinajstić information content (AvgIpc) is 3.20. The molecule has 0 saturated heterocycles. The molecule has 0 aromatic heterocycles. The van der Waals surface area contributed by atoms with Gasteiger partial charge in [0.2, 0.25) is 5.91 Å². The van der Waals surface area contributed by atoms with E-state index >= 15 is 0 Å². The minimum Gasteiger partial charge on any atom is -0.312 e. The van der Waals surface area contributed by atoms with Crippen LogP contribution in [0.1, 0.15) is 23.5 Å². The first-order valence-electron chi connectivity index (χ1n) is 7.29. The first kappa shape index (κ1) is 11.7. The van der Waals surface area contributed by atoms with E-state index in [4.69, 9.17) is 0 Å².